The molecule has 0 aliphatic rings. The van der Waals surface area contributed by atoms with Crippen LogP contribution in [0, 0.1) is 11.8 Å². The Kier molecular flexibility index (Phi) is 25.6. The van der Waals surface area contributed by atoms with Gasteiger partial charge in [0.2, 0.25) is 59.1 Å². The highest BCUT2D eigenvalue weighted by molar-refractivity contribution is 5.99. The number of primary amides is 2. The molecule has 432 valence electrons. The Hall–Kier alpha value is -8.82. The second kappa shape index (κ2) is 31.4. The molecule has 2 aromatic carbocycles. The van der Waals surface area contributed by atoms with E-state index in [1.165, 1.54) is 31.2 Å². The van der Waals surface area contributed by atoms with Crippen molar-refractivity contribution in [3.05, 3.63) is 65.9 Å². The predicted octanol–water partition coefficient (Wildman–Crippen LogP) is -3.50. The summed E-state index contributed by atoms with van der Waals surface area (Å²) in [5.74, 6) is -11.7. The van der Waals surface area contributed by atoms with Crippen molar-refractivity contribution in [2.45, 2.75) is 134 Å². The smallest absolute Gasteiger partial charge is 0.326 e. The third-order valence-corrected chi connectivity index (χ3v) is 12.1. The number of aromatic hydroxyl groups is 1. The maximum atomic E-state index is 14.4. The van der Waals surface area contributed by atoms with Crippen molar-refractivity contribution in [1.82, 2.24) is 47.5 Å². The van der Waals surface area contributed by atoms with Crippen LogP contribution in [0.2, 0.25) is 0 Å². The number of aliphatic carboxylic acids is 1. The lowest BCUT2D eigenvalue weighted by Crippen LogP contribution is -2.59. The molecule has 28 nitrogen and oxygen atoms in total. The number of carboxylic acid groups (broad SMARTS) is 1. The summed E-state index contributed by atoms with van der Waals surface area (Å²) in [7, 11) is 0. The van der Waals surface area contributed by atoms with Gasteiger partial charge in [0.25, 0.3) is 0 Å². The number of aromatic nitrogens is 1. The van der Waals surface area contributed by atoms with Gasteiger partial charge in [-0.2, -0.15) is 0 Å². The summed E-state index contributed by atoms with van der Waals surface area (Å²) in [6, 6.07) is 1.49. The summed E-state index contributed by atoms with van der Waals surface area (Å²) in [6.45, 7) is 7.28. The van der Waals surface area contributed by atoms with Crippen LogP contribution in [0.25, 0.3) is 10.9 Å². The second-order valence-corrected chi connectivity index (χ2v) is 19.7. The lowest BCUT2D eigenvalue weighted by molar-refractivity contribution is -0.143. The number of nitrogens with two attached hydrogens (primary N) is 5. The number of fused-ring (bicyclic) bond motifs is 1. The molecule has 0 saturated carbocycles. The lowest BCUT2D eigenvalue weighted by Gasteiger charge is -2.27. The minimum Gasteiger partial charge on any atom is -0.508 e. The van der Waals surface area contributed by atoms with E-state index in [0.717, 1.165) is 0 Å². The van der Waals surface area contributed by atoms with Crippen LogP contribution in [0.1, 0.15) is 84.3 Å². The highest BCUT2D eigenvalue weighted by Crippen LogP contribution is 2.20. The molecule has 0 fully saturated rings. The largest absolute Gasteiger partial charge is 0.508 e. The number of nitrogens with one attached hydrogen (secondary N) is 9. The number of phenolic OH excluding ortho intramolecular Hbond substituents is 1. The SMILES string of the molecule is CC(C)C[C@H](NC(=O)[C@H](C)N)C(=O)N[C@@H](CCCN=C(N)N)C(=O)N[C@@H](CC(N)=O)C(=O)NCC(=O)N[C@@H](CCC(N)=O)C(=O)N[C@@H](Cc1ccc(O)cc1)C(=O)N[C@@H](Cc1c[nH]c2ccccc12)C(=O)N[C@H](C(=O)O)C(C)C. The van der Waals surface area contributed by atoms with Gasteiger partial charge in [-0.25, -0.2) is 4.79 Å². The summed E-state index contributed by atoms with van der Waals surface area (Å²) in [6.07, 6.45) is -0.350. The van der Waals surface area contributed by atoms with Crippen LogP contribution >= 0.6 is 0 Å². The van der Waals surface area contributed by atoms with Gasteiger partial charge in [-0.05, 0) is 73.8 Å². The fourth-order valence-electron chi connectivity index (χ4n) is 7.94. The second-order valence-electron chi connectivity index (χ2n) is 19.7. The van der Waals surface area contributed by atoms with E-state index in [9.17, 15) is 63.0 Å². The quantitative estimate of drug-likeness (QED) is 0.0160. The molecule has 28 heteroatoms. The molecular formula is C51H75N15O13. The minimum atomic E-state index is -1.74. The molecule has 0 aliphatic heterocycles. The third-order valence-electron chi connectivity index (χ3n) is 12.1. The van der Waals surface area contributed by atoms with Crippen molar-refractivity contribution in [2.24, 2.45) is 45.5 Å². The maximum Gasteiger partial charge on any atom is 0.326 e. The van der Waals surface area contributed by atoms with E-state index in [-0.39, 0.29) is 56.3 Å². The monoisotopic (exact) mass is 1110 g/mol. The molecule has 0 spiro atoms. The predicted molar refractivity (Wildman–Crippen MR) is 288 cm³/mol. The molecule has 0 aliphatic carbocycles. The topological polar surface area (TPSA) is 483 Å². The fraction of sp³-hybridized carbons (Fsp3) is 0.490. The minimum absolute atomic E-state index is 0.0185. The fourth-order valence-corrected chi connectivity index (χ4v) is 7.94. The lowest BCUT2D eigenvalue weighted by atomic mass is 10.00. The van der Waals surface area contributed by atoms with Gasteiger partial charge in [-0.3, -0.25) is 52.9 Å². The number of rotatable bonds is 33. The third kappa shape index (κ3) is 22.4. The first kappa shape index (κ1) is 64.5. The van der Waals surface area contributed by atoms with E-state index in [1.807, 2.05) is 0 Å². The van der Waals surface area contributed by atoms with Crippen LogP contribution in [-0.4, -0.2) is 148 Å². The number of carbonyl (C=O) groups is 11. The number of hydrogen-bond donors (Lipinski definition) is 16. The first-order valence-electron chi connectivity index (χ1n) is 25.5. The molecule has 21 N–H and O–H groups in total. The molecular weight excluding hydrogens is 1030 g/mol. The highest BCUT2D eigenvalue weighted by atomic mass is 16.4. The molecule has 0 radical (unpaired) electrons. The zero-order valence-corrected chi connectivity index (χ0v) is 44.8. The van der Waals surface area contributed by atoms with Crippen molar-refractivity contribution in [2.75, 3.05) is 13.1 Å². The zero-order chi connectivity index (χ0) is 59.1. The van der Waals surface area contributed by atoms with Crippen LogP contribution in [0.5, 0.6) is 5.75 Å². The number of aliphatic imine (C=N–C) groups is 1. The summed E-state index contributed by atoms with van der Waals surface area (Å²) in [5, 5.41) is 40.4. The van der Waals surface area contributed by atoms with Gasteiger partial charge in [0.1, 0.15) is 48.0 Å². The van der Waals surface area contributed by atoms with Crippen molar-refractivity contribution < 1.29 is 63.0 Å². The number of guanidine groups is 1. The summed E-state index contributed by atoms with van der Waals surface area (Å²) >= 11 is 0. The molecule has 10 amide bonds. The molecule has 0 bridgehead atoms. The summed E-state index contributed by atoms with van der Waals surface area (Å²) in [4.78, 5) is 153. The number of aromatic amines is 1. The molecule has 8 atom stereocenters. The number of amides is 10. The molecule has 3 aromatic rings. The van der Waals surface area contributed by atoms with Gasteiger partial charge in [0.15, 0.2) is 5.96 Å². The summed E-state index contributed by atoms with van der Waals surface area (Å²) in [5.41, 5.74) is 29.1. The number of carbonyl (C=O) groups excluding carboxylic acids is 10. The van der Waals surface area contributed by atoms with Crippen molar-refractivity contribution in [3.63, 3.8) is 0 Å². The molecule has 0 unspecified atom stereocenters. The van der Waals surface area contributed by atoms with Crippen LogP contribution in [-0.2, 0) is 65.6 Å². The van der Waals surface area contributed by atoms with E-state index in [1.54, 1.807) is 58.2 Å². The van der Waals surface area contributed by atoms with E-state index in [0.29, 0.717) is 22.0 Å². The average molecular weight is 1110 g/mol. The van der Waals surface area contributed by atoms with Crippen molar-refractivity contribution in [3.8, 4) is 5.75 Å². The van der Waals surface area contributed by atoms with Gasteiger partial charge in [-0.1, -0.05) is 58.0 Å². The zero-order valence-electron chi connectivity index (χ0n) is 44.8. The Balaban J connectivity index is 1.89. The van der Waals surface area contributed by atoms with Crippen molar-refractivity contribution in [1.29, 1.82) is 0 Å². The van der Waals surface area contributed by atoms with E-state index >= 15 is 0 Å². The average Bonchev–Trinajstić information content (AvgIpc) is 3.83. The van der Waals surface area contributed by atoms with Gasteiger partial charge >= 0.3 is 5.97 Å². The number of phenols is 1. The van der Waals surface area contributed by atoms with Crippen LogP contribution in [0.15, 0.2) is 59.7 Å². The molecule has 79 heavy (non-hydrogen) atoms. The van der Waals surface area contributed by atoms with Gasteiger partial charge in [-0.15, -0.1) is 0 Å². The van der Waals surface area contributed by atoms with Crippen LogP contribution < -0.4 is 71.2 Å². The standard InChI is InChI=1S/C51H75N15O13/c1-25(2)19-35(62-43(71)27(5)52)47(75)61-33(11-8-18-57-51(55)56)45(73)65-38(22-40(54)69)44(72)59-24-41(70)60-34(16-17-39(53)68)46(74)63-36(20-28-12-14-30(67)15-13-28)48(76)64-37(49(77)66-42(26(3)4)50(78)79)21-29-23-58-32-10-7-6-9-31(29)32/h6-7,9-10,12-15,23,25-27,33-38,42,58,67H,8,11,16-22,24,52H2,1-5H3,(H2,53,68)(H2,54,69)(H,59,72)(H,60,70)(H,61,75)(H,62,71)(H,63,74)(H,64,76)(H,65,73)(H,66,77)(H,78,79)(H4,55,56,57)/t27-,33-,34-,35-,36-,37-,38-,42-/m0/s1. The molecule has 1 aromatic heterocycles. The number of carboxylic acids is 1. The number of nitrogens with zero attached hydrogens (tertiary/aromatic N) is 1. The Bertz CT molecular complexity index is 2670. The Morgan fingerprint density at radius 1 is 0.608 bits per heavy atom. The van der Waals surface area contributed by atoms with Crippen molar-refractivity contribution >= 4 is 81.9 Å². The Morgan fingerprint density at radius 3 is 1.72 bits per heavy atom. The summed E-state index contributed by atoms with van der Waals surface area (Å²) < 4.78 is 0. The highest BCUT2D eigenvalue weighted by Gasteiger charge is 2.35. The number of H-pyrrole nitrogens is 1. The molecule has 3 rings (SSSR count). The van der Waals surface area contributed by atoms with Gasteiger partial charge in [0.05, 0.1) is 19.0 Å². The first-order valence-corrected chi connectivity index (χ1v) is 25.5. The van der Waals surface area contributed by atoms with Crippen LogP contribution in [0.3, 0.4) is 0 Å². The molecule has 0 saturated heterocycles. The van der Waals surface area contributed by atoms with E-state index in [4.69, 9.17) is 28.7 Å². The number of benzene rings is 2. The van der Waals surface area contributed by atoms with Gasteiger partial charge in [0, 0.05) is 42.9 Å². The molecule has 1 heterocycles. The number of hydrogen-bond acceptors (Lipinski definition) is 14. The normalized spacial score (nSPS) is 14.1. The Labute approximate surface area is 455 Å². The van der Waals surface area contributed by atoms with Crippen LogP contribution in [0.4, 0.5) is 0 Å². The number of para-hydroxylation sites is 1. The van der Waals surface area contributed by atoms with Gasteiger partial charge < -0.3 is 86.4 Å². The van der Waals surface area contributed by atoms with E-state index < -0.39 is 145 Å². The first-order chi connectivity index (χ1) is 37.1. The van der Waals surface area contributed by atoms with E-state index in [2.05, 4.69) is 52.5 Å². The Morgan fingerprint density at radius 2 is 1.15 bits per heavy atom. The maximum absolute atomic E-state index is 14.4.